The molecule has 0 fully saturated rings. The van der Waals surface area contributed by atoms with Crippen molar-refractivity contribution in [3.05, 3.63) is 32.0 Å². The Morgan fingerprint density at radius 2 is 1.78 bits per heavy atom. The van der Waals surface area contributed by atoms with Crippen LogP contribution < -0.4 is 5.32 Å². The van der Waals surface area contributed by atoms with Crippen molar-refractivity contribution in [2.24, 2.45) is 0 Å². The van der Waals surface area contributed by atoms with E-state index in [4.69, 9.17) is 12.2 Å². The highest BCUT2D eigenvalue weighted by molar-refractivity contribution is 7.80. The molecule has 2 aromatic rings. The second-order valence-electron chi connectivity index (χ2n) is 5.39. The van der Waals surface area contributed by atoms with Crippen LogP contribution in [0.2, 0.25) is 0 Å². The minimum absolute atomic E-state index is 0.0255. The molecule has 1 aromatic carbocycles. The molecule has 0 aliphatic carbocycles. The van der Waals surface area contributed by atoms with Gasteiger partial charge in [-0.2, -0.15) is 0 Å². The summed E-state index contributed by atoms with van der Waals surface area (Å²) < 4.78 is 1.02. The van der Waals surface area contributed by atoms with Crippen LogP contribution in [-0.2, 0) is 5.54 Å². The molecule has 1 aliphatic heterocycles. The van der Waals surface area contributed by atoms with Crippen LogP contribution in [0.15, 0.2) is 12.1 Å². The molecule has 4 heteroatoms. The SMILES string of the molecule is Cc1cc2c(cc1C)-c1c(ssc1=S)C(C)(C)N2. The first-order chi connectivity index (χ1) is 8.40. The van der Waals surface area contributed by atoms with Gasteiger partial charge in [0, 0.05) is 16.8 Å². The molecule has 1 aliphatic rings. The van der Waals surface area contributed by atoms with Crippen molar-refractivity contribution < 1.29 is 0 Å². The molecule has 94 valence electrons. The molecule has 0 saturated heterocycles. The number of nitrogens with one attached hydrogen (secondary N) is 1. The Morgan fingerprint density at radius 3 is 2.50 bits per heavy atom. The summed E-state index contributed by atoms with van der Waals surface area (Å²) in [5, 5.41) is 3.64. The summed E-state index contributed by atoms with van der Waals surface area (Å²) in [5.74, 6) is 0. The summed E-state index contributed by atoms with van der Waals surface area (Å²) in [6.07, 6.45) is 0. The Kier molecular flexibility index (Phi) is 2.66. The van der Waals surface area contributed by atoms with Gasteiger partial charge in [-0.15, -0.1) is 0 Å². The maximum absolute atomic E-state index is 5.53. The van der Waals surface area contributed by atoms with Crippen molar-refractivity contribution in [1.82, 2.24) is 0 Å². The standard InChI is InChI=1S/C14H15NS3/c1-7-5-9-10(6-8(7)2)15-14(3,4)12-11(9)13(16)18-17-12/h5-6,15H,1-4H3. The van der Waals surface area contributed by atoms with Crippen LogP contribution >= 0.6 is 32.9 Å². The van der Waals surface area contributed by atoms with Crippen molar-refractivity contribution in [1.29, 1.82) is 0 Å². The molecule has 2 heterocycles. The van der Waals surface area contributed by atoms with Crippen LogP contribution in [0, 0.1) is 17.7 Å². The van der Waals surface area contributed by atoms with Crippen molar-refractivity contribution in [3.63, 3.8) is 0 Å². The second kappa shape index (κ2) is 3.89. The van der Waals surface area contributed by atoms with Gasteiger partial charge >= 0.3 is 0 Å². The van der Waals surface area contributed by atoms with Crippen LogP contribution in [0.1, 0.15) is 29.9 Å². The van der Waals surface area contributed by atoms with Crippen molar-refractivity contribution in [2.75, 3.05) is 5.32 Å². The molecule has 0 unspecified atom stereocenters. The molecular formula is C14H15NS3. The first-order valence-corrected chi connectivity index (χ1v) is 8.49. The Morgan fingerprint density at radius 1 is 1.11 bits per heavy atom. The summed E-state index contributed by atoms with van der Waals surface area (Å²) >= 11 is 5.53. The maximum Gasteiger partial charge on any atom is 0.110 e. The van der Waals surface area contributed by atoms with E-state index in [1.54, 1.807) is 10.3 Å². The van der Waals surface area contributed by atoms with E-state index >= 15 is 0 Å². The minimum atomic E-state index is -0.0255. The highest BCUT2D eigenvalue weighted by Gasteiger charge is 2.33. The molecule has 1 aromatic heterocycles. The van der Waals surface area contributed by atoms with E-state index in [1.807, 2.05) is 10.3 Å². The van der Waals surface area contributed by atoms with E-state index in [9.17, 15) is 0 Å². The highest BCUT2D eigenvalue weighted by atomic mass is 32.9. The van der Waals surface area contributed by atoms with Gasteiger partial charge in [-0.3, -0.25) is 0 Å². The van der Waals surface area contributed by atoms with E-state index < -0.39 is 0 Å². The Bertz CT molecular complexity index is 692. The number of hydrogen-bond acceptors (Lipinski definition) is 4. The predicted molar refractivity (Wildman–Crippen MR) is 84.6 cm³/mol. The van der Waals surface area contributed by atoms with Gasteiger partial charge in [0.1, 0.15) is 3.82 Å². The normalized spacial score (nSPS) is 15.8. The molecule has 1 N–H and O–H groups in total. The molecule has 1 nitrogen and oxygen atoms in total. The molecule has 0 amide bonds. The smallest absolute Gasteiger partial charge is 0.110 e. The van der Waals surface area contributed by atoms with Crippen LogP contribution in [0.3, 0.4) is 0 Å². The van der Waals surface area contributed by atoms with E-state index in [-0.39, 0.29) is 5.54 Å². The average molecular weight is 293 g/mol. The van der Waals surface area contributed by atoms with Crippen LogP contribution in [0.25, 0.3) is 11.1 Å². The van der Waals surface area contributed by atoms with Crippen molar-refractivity contribution in [3.8, 4) is 11.1 Å². The number of hydrogen-bond donors (Lipinski definition) is 1. The molecule has 0 saturated carbocycles. The number of aryl methyl sites for hydroxylation is 2. The Labute approximate surface area is 120 Å². The zero-order valence-corrected chi connectivity index (χ0v) is 13.3. The summed E-state index contributed by atoms with van der Waals surface area (Å²) in [6.45, 7) is 8.77. The number of benzene rings is 1. The largest absolute Gasteiger partial charge is 0.375 e. The summed E-state index contributed by atoms with van der Waals surface area (Å²) in [5.41, 5.74) is 6.39. The Hall–Kier alpha value is -0.710. The zero-order chi connectivity index (χ0) is 13.1. The van der Waals surface area contributed by atoms with Gasteiger partial charge in [0.15, 0.2) is 0 Å². The average Bonchev–Trinajstić information content (AvgIpc) is 2.65. The van der Waals surface area contributed by atoms with Crippen molar-refractivity contribution >= 4 is 38.6 Å². The molecule has 18 heavy (non-hydrogen) atoms. The maximum atomic E-state index is 5.53. The monoisotopic (exact) mass is 293 g/mol. The summed E-state index contributed by atoms with van der Waals surface area (Å²) in [4.78, 5) is 1.37. The summed E-state index contributed by atoms with van der Waals surface area (Å²) in [7, 11) is 3.52. The number of fused-ring (bicyclic) bond motifs is 3. The van der Waals surface area contributed by atoms with E-state index in [0.29, 0.717) is 0 Å². The molecule has 0 spiro atoms. The Balaban J connectivity index is 2.39. The van der Waals surface area contributed by atoms with E-state index in [1.165, 1.54) is 32.8 Å². The van der Waals surface area contributed by atoms with E-state index in [2.05, 4.69) is 45.1 Å². The van der Waals surface area contributed by atoms with Gasteiger partial charge in [-0.1, -0.05) is 32.9 Å². The highest BCUT2D eigenvalue weighted by Crippen LogP contribution is 2.49. The number of rotatable bonds is 0. The fourth-order valence-electron chi connectivity index (χ4n) is 2.42. The molecule has 3 rings (SSSR count). The van der Waals surface area contributed by atoms with Gasteiger partial charge in [-0.25, -0.2) is 0 Å². The third-order valence-corrected chi connectivity index (χ3v) is 6.89. The number of anilines is 1. The lowest BCUT2D eigenvalue weighted by molar-refractivity contribution is 0.620. The molecular weight excluding hydrogens is 278 g/mol. The summed E-state index contributed by atoms with van der Waals surface area (Å²) in [6, 6.07) is 4.51. The molecule has 0 radical (unpaired) electrons. The minimum Gasteiger partial charge on any atom is -0.375 e. The van der Waals surface area contributed by atoms with E-state index in [0.717, 1.165) is 3.82 Å². The lowest BCUT2D eigenvalue weighted by Gasteiger charge is -2.33. The third kappa shape index (κ3) is 1.67. The lowest BCUT2D eigenvalue weighted by Crippen LogP contribution is -2.30. The molecule has 0 atom stereocenters. The predicted octanol–water partition coefficient (Wildman–Crippen LogP) is 5.48. The first kappa shape index (κ1) is 12.3. The fraction of sp³-hybridized carbons (Fsp3) is 0.357. The van der Waals surface area contributed by atoms with Gasteiger partial charge in [0.05, 0.1) is 10.4 Å². The van der Waals surface area contributed by atoms with Gasteiger partial charge in [0.2, 0.25) is 0 Å². The van der Waals surface area contributed by atoms with Gasteiger partial charge in [0.25, 0.3) is 0 Å². The second-order valence-corrected chi connectivity index (χ2v) is 8.21. The fourth-order valence-corrected chi connectivity index (χ4v) is 5.68. The third-order valence-electron chi connectivity index (χ3n) is 3.55. The van der Waals surface area contributed by atoms with Gasteiger partial charge in [-0.05, 0) is 51.0 Å². The zero-order valence-electron chi connectivity index (χ0n) is 10.9. The first-order valence-electron chi connectivity index (χ1n) is 5.93. The van der Waals surface area contributed by atoms with Crippen LogP contribution in [0.5, 0.6) is 0 Å². The van der Waals surface area contributed by atoms with Crippen LogP contribution in [0.4, 0.5) is 5.69 Å². The molecule has 0 bridgehead atoms. The topological polar surface area (TPSA) is 12.0 Å². The lowest BCUT2D eigenvalue weighted by atomic mass is 9.88. The quantitative estimate of drug-likeness (QED) is 0.509. The van der Waals surface area contributed by atoms with Crippen molar-refractivity contribution in [2.45, 2.75) is 33.2 Å². The van der Waals surface area contributed by atoms with Crippen LogP contribution in [-0.4, -0.2) is 0 Å². The van der Waals surface area contributed by atoms with Gasteiger partial charge < -0.3 is 5.32 Å².